The van der Waals surface area contributed by atoms with Gasteiger partial charge in [0.15, 0.2) is 0 Å². The SMILES string of the molecule is CC.CC(C)N1CCOC2CNCC21. The highest BCUT2D eigenvalue weighted by Crippen LogP contribution is 2.19. The van der Waals surface area contributed by atoms with Crippen molar-refractivity contribution in [3.63, 3.8) is 0 Å². The Morgan fingerprint density at radius 2 is 2.00 bits per heavy atom. The molecule has 84 valence electrons. The fourth-order valence-corrected chi connectivity index (χ4v) is 2.26. The van der Waals surface area contributed by atoms with Gasteiger partial charge in [-0.05, 0) is 13.8 Å². The highest BCUT2D eigenvalue weighted by atomic mass is 16.5. The van der Waals surface area contributed by atoms with Crippen molar-refractivity contribution in [1.29, 1.82) is 0 Å². The molecule has 2 heterocycles. The van der Waals surface area contributed by atoms with E-state index in [1.165, 1.54) is 0 Å². The Kier molecular flexibility index (Phi) is 4.85. The quantitative estimate of drug-likeness (QED) is 0.686. The molecule has 0 bridgehead atoms. The summed E-state index contributed by atoms with van der Waals surface area (Å²) >= 11 is 0. The van der Waals surface area contributed by atoms with Gasteiger partial charge in [0.05, 0.1) is 12.7 Å². The first kappa shape index (κ1) is 12.0. The predicted molar refractivity (Wildman–Crippen MR) is 59.6 cm³/mol. The van der Waals surface area contributed by atoms with Gasteiger partial charge in [0, 0.05) is 31.7 Å². The Bertz CT molecular complexity index is 161. The van der Waals surface area contributed by atoms with Crippen molar-refractivity contribution in [2.75, 3.05) is 26.2 Å². The monoisotopic (exact) mass is 200 g/mol. The van der Waals surface area contributed by atoms with E-state index in [-0.39, 0.29) is 0 Å². The van der Waals surface area contributed by atoms with E-state index in [0.717, 1.165) is 26.2 Å². The first-order chi connectivity index (χ1) is 6.79. The van der Waals surface area contributed by atoms with E-state index in [1.807, 2.05) is 13.8 Å². The summed E-state index contributed by atoms with van der Waals surface area (Å²) in [4.78, 5) is 2.55. The molecule has 0 aromatic carbocycles. The molecule has 0 aromatic rings. The second-order valence-corrected chi connectivity index (χ2v) is 3.97. The number of nitrogens with zero attached hydrogens (tertiary/aromatic N) is 1. The van der Waals surface area contributed by atoms with Gasteiger partial charge in [0.25, 0.3) is 0 Å². The summed E-state index contributed by atoms with van der Waals surface area (Å²) < 4.78 is 5.68. The van der Waals surface area contributed by atoms with Gasteiger partial charge in [-0.2, -0.15) is 0 Å². The molecule has 0 radical (unpaired) electrons. The minimum absolute atomic E-state index is 0.446. The van der Waals surface area contributed by atoms with Crippen LogP contribution in [0.1, 0.15) is 27.7 Å². The molecular weight excluding hydrogens is 176 g/mol. The van der Waals surface area contributed by atoms with Gasteiger partial charge >= 0.3 is 0 Å². The van der Waals surface area contributed by atoms with Crippen LogP contribution in [0.2, 0.25) is 0 Å². The van der Waals surface area contributed by atoms with Crippen molar-refractivity contribution in [3.8, 4) is 0 Å². The maximum absolute atomic E-state index is 5.68. The van der Waals surface area contributed by atoms with Gasteiger partial charge in [-0.1, -0.05) is 13.8 Å². The largest absolute Gasteiger partial charge is 0.374 e. The first-order valence-corrected chi connectivity index (χ1v) is 5.87. The third kappa shape index (κ3) is 2.47. The molecule has 0 saturated carbocycles. The Labute approximate surface area is 87.8 Å². The van der Waals surface area contributed by atoms with E-state index in [2.05, 4.69) is 24.1 Å². The molecule has 3 heteroatoms. The average Bonchev–Trinajstić information content (AvgIpc) is 2.67. The minimum Gasteiger partial charge on any atom is -0.374 e. The first-order valence-electron chi connectivity index (χ1n) is 5.87. The van der Waals surface area contributed by atoms with Gasteiger partial charge in [0.1, 0.15) is 0 Å². The van der Waals surface area contributed by atoms with Crippen LogP contribution in [0.15, 0.2) is 0 Å². The van der Waals surface area contributed by atoms with E-state index in [4.69, 9.17) is 4.74 Å². The highest BCUT2D eigenvalue weighted by molar-refractivity contribution is 4.93. The lowest BCUT2D eigenvalue weighted by Gasteiger charge is -2.39. The van der Waals surface area contributed by atoms with E-state index in [9.17, 15) is 0 Å². The Hall–Kier alpha value is -0.120. The number of rotatable bonds is 1. The number of morpholine rings is 1. The predicted octanol–water partition coefficient (Wildman–Crippen LogP) is 1.09. The van der Waals surface area contributed by atoms with Crippen molar-refractivity contribution < 1.29 is 4.74 Å². The van der Waals surface area contributed by atoms with Gasteiger partial charge < -0.3 is 10.1 Å². The van der Waals surface area contributed by atoms with Crippen molar-refractivity contribution in [3.05, 3.63) is 0 Å². The van der Waals surface area contributed by atoms with Gasteiger partial charge in [0.2, 0.25) is 0 Å². The van der Waals surface area contributed by atoms with Crippen molar-refractivity contribution in [1.82, 2.24) is 10.2 Å². The molecule has 0 spiro atoms. The van der Waals surface area contributed by atoms with E-state index < -0.39 is 0 Å². The number of ether oxygens (including phenoxy) is 1. The number of hydrogen-bond acceptors (Lipinski definition) is 3. The molecule has 0 aromatic heterocycles. The van der Waals surface area contributed by atoms with Crippen molar-refractivity contribution >= 4 is 0 Å². The molecule has 0 aliphatic carbocycles. The molecule has 1 N–H and O–H groups in total. The molecular formula is C11H24N2O. The Morgan fingerprint density at radius 1 is 1.29 bits per heavy atom. The average molecular weight is 200 g/mol. The zero-order chi connectivity index (χ0) is 10.6. The fourth-order valence-electron chi connectivity index (χ4n) is 2.26. The summed E-state index contributed by atoms with van der Waals surface area (Å²) in [5.74, 6) is 0. The Morgan fingerprint density at radius 3 is 2.64 bits per heavy atom. The smallest absolute Gasteiger partial charge is 0.0867 e. The van der Waals surface area contributed by atoms with Crippen LogP contribution < -0.4 is 5.32 Å². The zero-order valence-corrected chi connectivity index (χ0v) is 9.92. The Balaban J connectivity index is 0.000000461. The highest BCUT2D eigenvalue weighted by Gasteiger charge is 2.36. The van der Waals surface area contributed by atoms with Crippen molar-refractivity contribution in [2.24, 2.45) is 0 Å². The normalized spacial score (nSPS) is 32.4. The van der Waals surface area contributed by atoms with Crippen LogP contribution in [0.25, 0.3) is 0 Å². The molecule has 3 nitrogen and oxygen atoms in total. The van der Waals surface area contributed by atoms with Gasteiger partial charge in [-0.3, -0.25) is 4.90 Å². The van der Waals surface area contributed by atoms with Crippen LogP contribution in [0.5, 0.6) is 0 Å². The molecule has 0 amide bonds. The number of fused-ring (bicyclic) bond motifs is 1. The van der Waals surface area contributed by atoms with E-state index in [1.54, 1.807) is 0 Å². The second kappa shape index (κ2) is 5.69. The molecule has 2 unspecified atom stereocenters. The maximum Gasteiger partial charge on any atom is 0.0867 e. The van der Waals surface area contributed by atoms with Crippen LogP contribution in [0.4, 0.5) is 0 Å². The van der Waals surface area contributed by atoms with Crippen LogP contribution in [0.3, 0.4) is 0 Å². The van der Waals surface area contributed by atoms with Crippen molar-refractivity contribution in [2.45, 2.75) is 45.9 Å². The molecule has 2 aliphatic rings. The number of nitrogens with one attached hydrogen (secondary N) is 1. The lowest BCUT2D eigenvalue weighted by atomic mass is 10.1. The van der Waals surface area contributed by atoms with Gasteiger partial charge in [-0.25, -0.2) is 0 Å². The van der Waals surface area contributed by atoms with Crippen LogP contribution in [-0.2, 0) is 4.74 Å². The fraction of sp³-hybridized carbons (Fsp3) is 1.00. The summed E-state index contributed by atoms with van der Waals surface area (Å²) in [6.07, 6.45) is 0.446. The van der Waals surface area contributed by atoms with Gasteiger partial charge in [-0.15, -0.1) is 0 Å². The van der Waals surface area contributed by atoms with E-state index >= 15 is 0 Å². The molecule has 2 rings (SSSR count). The lowest BCUT2D eigenvalue weighted by molar-refractivity contribution is -0.0580. The maximum atomic E-state index is 5.68. The molecule has 14 heavy (non-hydrogen) atoms. The zero-order valence-electron chi connectivity index (χ0n) is 9.92. The minimum atomic E-state index is 0.446. The molecule has 2 saturated heterocycles. The molecule has 2 fully saturated rings. The standard InChI is InChI=1S/C9H18N2O.C2H6/c1-7(2)11-3-4-12-9-6-10-5-8(9)11;1-2/h7-10H,3-6H2,1-2H3;1-2H3. The summed E-state index contributed by atoms with van der Waals surface area (Å²) in [7, 11) is 0. The number of hydrogen-bond donors (Lipinski definition) is 1. The summed E-state index contributed by atoms with van der Waals surface area (Å²) in [6, 6.07) is 1.28. The van der Waals surface area contributed by atoms with Crippen LogP contribution in [-0.4, -0.2) is 49.3 Å². The summed E-state index contributed by atoms with van der Waals surface area (Å²) in [6.45, 7) is 12.7. The summed E-state index contributed by atoms with van der Waals surface area (Å²) in [5, 5.41) is 3.38. The lowest BCUT2D eigenvalue weighted by Crippen LogP contribution is -2.53. The van der Waals surface area contributed by atoms with Crippen LogP contribution in [0, 0.1) is 0 Å². The topological polar surface area (TPSA) is 24.5 Å². The summed E-state index contributed by atoms with van der Waals surface area (Å²) in [5.41, 5.74) is 0. The van der Waals surface area contributed by atoms with E-state index in [0.29, 0.717) is 18.2 Å². The second-order valence-electron chi connectivity index (χ2n) is 3.97. The molecule has 2 atom stereocenters. The third-order valence-corrected chi connectivity index (χ3v) is 2.90. The third-order valence-electron chi connectivity index (χ3n) is 2.90. The van der Waals surface area contributed by atoms with Crippen LogP contribution >= 0.6 is 0 Å². The molecule has 2 aliphatic heterocycles.